The lowest BCUT2D eigenvalue weighted by atomic mass is 9.95. The number of unbranched alkanes of at least 4 members (excludes halogenated alkanes) is 4. The molecular formula is C31H28ClF5. The molecule has 0 atom stereocenters. The van der Waals surface area contributed by atoms with Gasteiger partial charge < -0.3 is 0 Å². The fraction of sp³-hybridized carbons (Fsp3) is 0.290. The highest BCUT2D eigenvalue weighted by Crippen LogP contribution is 2.32. The molecular weight excluding hydrogens is 503 g/mol. The number of rotatable bonds is 10. The molecule has 0 aromatic heterocycles. The van der Waals surface area contributed by atoms with Gasteiger partial charge in [-0.1, -0.05) is 68.5 Å². The lowest BCUT2D eigenvalue weighted by molar-refractivity contribution is 0.579. The van der Waals surface area contributed by atoms with Gasteiger partial charge >= 0.3 is 0 Å². The number of aryl methyl sites for hydroxylation is 3. The third-order valence-corrected chi connectivity index (χ3v) is 7.08. The van der Waals surface area contributed by atoms with E-state index < -0.39 is 34.1 Å². The number of hydrogen-bond acceptors (Lipinski definition) is 0. The highest BCUT2D eigenvalue weighted by Gasteiger charge is 2.16. The quantitative estimate of drug-likeness (QED) is 0.109. The smallest absolute Gasteiger partial charge is 0.145 e. The summed E-state index contributed by atoms with van der Waals surface area (Å²) in [4.78, 5) is 0. The van der Waals surface area contributed by atoms with E-state index in [2.05, 4.69) is 6.92 Å². The monoisotopic (exact) mass is 530 g/mol. The van der Waals surface area contributed by atoms with Crippen molar-refractivity contribution < 1.29 is 22.0 Å². The van der Waals surface area contributed by atoms with E-state index in [1.807, 2.05) is 0 Å². The molecule has 0 spiro atoms. The van der Waals surface area contributed by atoms with Crippen molar-refractivity contribution in [1.29, 1.82) is 0 Å². The SMILES string of the molecule is CCCCCCCc1cc(F)c(-c2ccc3c(F)c(CCc4cc(F)c(Cl)c(F)c4)ccc3c2)c(F)c1. The van der Waals surface area contributed by atoms with Crippen molar-refractivity contribution in [2.75, 3.05) is 0 Å². The van der Waals surface area contributed by atoms with Crippen LogP contribution >= 0.6 is 11.6 Å². The lowest BCUT2D eigenvalue weighted by Gasteiger charge is -2.12. The largest absolute Gasteiger partial charge is 0.206 e. The first-order valence-electron chi connectivity index (χ1n) is 12.6. The van der Waals surface area contributed by atoms with Gasteiger partial charge in [-0.3, -0.25) is 0 Å². The maximum Gasteiger partial charge on any atom is 0.145 e. The van der Waals surface area contributed by atoms with E-state index in [0.717, 1.165) is 44.2 Å². The minimum atomic E-state index is -0.859. The minimum Gasteiger partial charge on any atom is -0.206 e. The summed E-state index contributed by atoms with van der Waals surface area (Å²) in [5.74, 6) is -3.46. The summed E-state index contributed by atoms with van der Waals surface area (Å²) in [6.45, 7) is 2.14. The summed E-state index contributed by atoms with van der Waals surface area (Å²) in [5, 5.41) is 0.238. The Balaban J connectivity index is 1.53. The summed E-state index contributed by atoms with van der Waals surface area (Å²) < 4.78 is 72.5. The fourth-order valence-corrected chi connectivity index (χ4v) is 4.80. The Kier molecular flexibility index (Phi) is 8.86. The van der Waals surface area contributed by atoms with Crippen molar-refractivity contribution in [2.24, 2.45) is 0 Å². The van der Waals surface area contributed by atoms with Gasteiger partial charge in [0.2, 0.25) is 0 Å². The molecule has 0 aliphatic carbocycles. The summed E-state index contributed by atoms with van der Waals surface area (Å²) in [6.07, 6.45) is 6.39. The van der Waals surface area contributed by atoms with E-state index in [0.29, 0.717) is 39.4 Å². The molecule has 0 saturated carbocycles. The predicted octanol–water partition coefficient (Wildman–Crippen LogP) is 10.2. The number of fused-ring (bicyclic) bond motifs is 1. The average molecular weight is 531 g/mol. The van der Waals surface area contributed by atoms with Gasteiger partial charge in [0.25, 0.3) is 0 Å². The molecule has 0 saturated heterocycles. The van der Waals surface area contributed by atoms with Crippen LogP contribution in [0.4, 0.5) is 22.0 Å². The van der Waals surface area contributed by atoms with Crippen molar-refractivity contribution in [3.63, 3.8) is 0 Å². The Morgan fingerprint density at radius 2 is 1.24 bits per heavy atom. The van der Waals surface area contributed by atoms with E-state index >= 15 is 4.39 Å². The predicted molar refractivity (Wildman–Crippen MR) is 140 cm³/mol. The van der Waals surface area contributed by atoms with Gasteiger partial charge in [0.1, 0.15) is 34.1 Å². The van der Waals surface area contributed by atoms with Crippen LogP contribution < -0.4 is 0 Å². The van der Waals surface area contributed by atoms with Crippen LogP contribution in [-0.2, 0) is 19.3 Å². The molecule has 6 heteroatoms. The Labute approximate surface area is 219 Å². The Bertz CT molecular complexity index is 1370. The van der Waals surface area contributed by atoms with E-state index in [1.54, 1.807) is 18.2 Å². The van der Waals surface area contributed by atoms with E-state index in [9.17, 15) is 17.6 Å². The van der Waals surface area contributed by atoms with Gasteiger partial charge in [0, 0.05) is 5.39 Å². The molecule has 0 unspecified atom stereocenters. The molecule has 4 rings (SSSR count). The lowest BCUT2D eigenvalue weighted by Crippen LogP contribution is -1.98. The molecule has 0 nitrogen and oxygen atoms in total. The first kappa shape index (κ1) is 27.1. The second-order valence-corrected chi connectivity index (χ2v) is 9.82. The van der Waals surface area contributed by atoms with Gasteiger partial charge in [0.05, 0.1) is 5.56 Å². The standard InChI is InChI=1S/C31H28ClF5/c1-2-3-4-5-6-7-19-14-25(33)29(26(34)15-19)23-12-13-24-22(18-23)11-10-21(31(24)37)9-8-20-16-27(35)30(32)28(36)17-20/h10-18H,2-9H2,1H3. The molecule has 0 radical (unpaired) electrons. The molecule has 37 heavy (non-hydrogen) atoms. The van der Waals surface area contributed by atoms with Crippen LogP contribution in [-0.4, -0.2) is 0 Å². The number of halogens is 6. The normalized spacial score (nSPS) is 11.4. The van der Waals surface area contributed by atoms with Gasteiger partial charge in [-0.05, 0) is 83.7 Å². The van der Waals surface area contributed by atoms with Gasteiger partial charge in [0.15, 0.2) is 0 Å². The highest BCUT2D eigenvalue weighted by molar-refractivity contribution is 6.30. The Morgan fingerprint density at radius 1 is 0.622 bits per heavy atom. The van der Waals surface area contributed by atoms with Crippen LogP contribution in [0.1, 0.15) is 55.7 Å². The molecule has 0 heterocycles. The van der Waals surface area contributed by atoms with Gasteiger partial charge in [-0.15, -0.1) is 0 Å². The van der Waals surface area contributed by atoms with Crippen molar-refractivity contribution in [3.8, 4) is 11.1 Å². The zero-order valence-corrected chi connectivity index (χ0v) is 21.4. The first-order valence-corrected chi connectivity index (χ1v) is 13.0. The van der Waals surface area contributed by atoms with Crippen LogP contribution in [0.15, 0.2) is 54.6 Å². The Morgan fingerprint density at radius 3 is 1.92 bits per heavy atom. The highest BCUT2D eigenvalue weighted by atomic mass is 35.5. The van der Waals surface area contributed by atoms with E-state index in [4.69, 9.17) is 11.6 Å². The molecule has 4 aromatic carbocycles. The zero-order valence-electron chi connectivity index (χ0n) is 20.6. The van der Waals surface area contributed by atoms with Crippen LogP contribution in [0.3, 0.4) is 0 Å². The maximum atomic E-state index is 15.2. The van der Waals surface area contributed by atoms with Crippen LogP contribution in [0.25, 0.3) is 21.9 Å². The zero-order chi connectivity index (χ0) is 26.5. The average Bonchev–Trinajstić information content (AvgIpc) is 2.86. The topological polar surface area (TPSA) is 0 Å². The first-order chi connectivity index (χ1) is 17.8. The second kappa shape index (κ2) is 12.1. The van der Waals surface area contributed by atoms with Crippen molar-refractivity contribution in [2.45, 2.75) is 58.3 Å². The molecule has 194 valence electrons. The summed E-state index contributed by atoms with van der Waals surface area (Å²) >= 11 is 5.52. The van der Waals surface area contributed by atoms with Crippen molar-refractivity contribution >= 4 is 22.4 Å². The molecule has 0 aliphatic rings. The van der Waals surface area contributed by atoms with Gasteiger partial charge in [-0.2, -0.15) is 0 Å². The minimum absolute atomic E-state index is 0.132. The fourth-order valence-electron chi connectivity index (χ4n) is 4.70. The maximum absolute atomic E-state index is 15.2. The molecule has 0 bridgehead atoms. The van der Waals surface area contributed by atoms with Crippen LogP contribution in [0, 0.1) is 29.1 Å². The van der Waals surface area contributed by atoms with Gasteiger partial charge in [-0.25, -0.2) is 22.0 Å². The Hall–Kier alpha value is -2.92. The molecule has 4 aromatic rings. The third-order valence-electron chi connectivity index (χ3n) is 6.72. The van der Waals surface area contributed by atoms with Crippen molar-refractivity contribution in [1.82, 2.24) is 0 Å². The number of hydrogen-bond donors (Lipinski definition) is 0. The second-order valence-electron chi connectivity index (χ2n) is 9.45. The number of benzene rings is 4. The molecule has 0 amide bonds. The van der Waals surface area contributed by atoms with Crippen LogP contribution in [0.5, 0.6) is 0 Å². The molecule has 0 N–H and O–H groups in total. The summed E-state index contributed by atoms with van der Waals surface area (Å²) in [6, 6.07) is 12.9. The summed E-state index contributed by atoms with van der Waals surface area (Å²) in [5.41, 5.74) is 1.57. The van der Waals surface area contributed by atoms with E-state index in [-0.39, 0.29) is 18.4 Å². The van der Waals surface area contributed by atoms with E-state index in [1.165, 1.54) is 24.3 Å². The molecule has 0 fully saturated rings. The van der Waals surface area contributed by atoms with Crippen molar-refractivity contribution in [3.05, 3.63) is 105 Å². The summed E-state index contributed by atoms with van der Waals surface area (Å²) in [7, 11) is 0. The molecule has 0 aliphatic heterocycles. The van der Waals surface area contributed by atoms with Crippen LogP contribution in [0.2, 0.25) is 5.02 Å². The third kappa shape index (κ3) is 6.32.